The van der Waals surface area contributed by atoms with Gasteiger partial charge in [-0.05, 0) is 63.6 Å². The van der Waals surface area contributed by atoms with Gasteiger partial charge in [-0.25, -0.2) is 4.79 Å². The first kappa shape index (κ1) is 22.0. The standard InChI is InChI=1S/C25H26N2O4/c1-16-14-23(17(2)27(16)15-20-8-6-5-7-9-20)25(30)31-19(4)24(29)26-22-12-10-21(11-13-22)18(3)28/h5-14,19H,15H2,1-4H3,(H,26,29)/t19-/m0/s1. The molecular weight excluding hydrogens is 392 g/mol. The summed E-state index contributed by atoms with van der Waals surface area (Å²) in [7, 11) is 0. The molecule has 1 aromatic heterocycles. The molecule has 0 saturated carbocycles. The van der Waals surface area contributed by atoms with Gasteiger partial charge in [-0.2, -0.15) is 0 Å². The normalized spacial score (nSPS) is 11.6. The maximum atomic E-state index is 12.7. The first-order valence-electron chi connectivity index (χ1n) is 10.1. The van der Waals surface area contributed by atoms with Crippen LogP contribution >= 0.6 is 0 Å². The van der Waals surface area contributed by atoms with Gasteiger partial charge in [0.25, 0.3) is 5.91 Å². The molecule has 0 saturated heterocycles. The van der Waals surface area contributed by atoms with E-state index in [1.807, 2.05) is 48.7 Å². The van der Waals surface area contributed by atoms with Crippen LogP contribution in [0.15, 0.2) is 60.7 Å². The molecule has 0 aliphatic heterocycles. The number of nitrogens with zero attached hydrogens (tertiary/aromatic N) is 1. The Labute approximate surface area is 181 Å². The van der Waals surface area contributed by atoms with E-state index in [9.17, 15) is 14.4 Å². The van der Waals surface area contributed by atoms with Crippen LogP contribution in [0.3, 0.4) is 0 Å². The molecule has 0 fully saturated rings. The minimum Gasteiger partial charge on any atom is -0.449 e. The summed E-state index contributed by atoms with van der Waals surface area (Å²) in [6, 6.07) is 18.3. The molecule has 31 heavy (non-hydrogen) atoms. The quantitative estimate of drug-likeness (QED) is 0.451. The molecule has 1 N–H and O–H groups in total. The van der Waals surface area contributed by atoms with E-state index >= 15 is 0 Å². The number of ketones is 1. The number of aromatic nitrogens is 1. The maximum Gasteiger partial charge on any atom is 0.340 e. The largest absolute Gasteiger partial charge is 0.449 e. The summed E-state index contributed by atoms with van der Waals surface area (Å²) in [6.45, 7) is 7.46. The molecule has 0 bridgehead atoms. The number of ether oxygens (including phenoxy) is 1. The van der Waals surface area contributed by atoms with Crippen LogP contribution in [0.1, 0.15) is 51.5 Å². The molecule has 1 atom stereocenters. The van der Waals surface area contributed by atoms with Gasteiger partial charge in [-0.15, -0.1) is 0 Å². The predicted octanol–water partition coefficient (Wildman–Crippen LogP) is 4.54. The van der Waals surface area contributed by atoms with E-state index in [1.54, 1.807) is 30.3 Å². The molecule has 0 aliphatic rings. The molecule has 0 aliphatic carbocycles. The Hall–Kier alpha value is -3.67. The highest BCUT2D eigenvalue weighted by Gasteiger charge is 2.23. The van der Waals surface area contributed by atoms with E-state index in [1.165, 1.54) is 13.8 Å². The monoisotopic (exact) mass is 418 g/mol. The average molecular weight is 418 g/mol. The van der Waals surface area contributed by atoms with Crippen molar-refractivity contribution < 1.29 is 19.1 Å². The Kier molecular flexibility index (Phi) is 6.70. The Bertz CT molecular complexity index is 1100. The molecule has 3 rings (SSSR count). The number of rotatable bonds is 7. The van der Waals surface area contributed by atoms with Gasteiger partial charge in [0.05, 0.1) is 5.56 Å². The Morgan fingerprint density at radius 3 is 2.26 bits per heavy atom. The fourth-order valence-electron chi connectivity index (χ4n) is 3.33. The van der Waals surface area contributed by atoms with E-state index in [0.29, 0.717) is 23.4 Å². The van der Waals surface area contributed by atoms with Crippen molar-refractivity contribution in [2.24, 2.45) is 0 Å². The Balaban J connectivity index is 1.65. The lowest BCUT2D eigenvalue weighted by Gasteiger charge is -2.14. The van der Waals surface area contributed by atoms with Crippen molar-refractivity contribution in [3.05, 3.63) is 88.7 Å². The third-order valence-electron chi connectivity index (χ3n) is 5.19. The highest BCUT2D eigenvalue weighted by atomic mass is 16.5. The number of anilines is 1. The number of carbonyl (C=O) groups is 3. The topological polar surface area (TPSA) is 77.4 Å². The number of amides is 1. The van der Waals surface area contributed by atoms with Crippen molar-refractivity contribution in [2.75, 3.05) is 5.32 Å². The zero-order valence-electron chi connectivity index (χ0n) is 18.1. The van der Waals surface area contributed by atoms with Crippen molar-refractivity contribution in [3.63, 3.8) is 0 Å². The number of carbonyl (C=O) groups excluding carboxylic acids is 3. The average Bonchev–Trinajstić information content (AvgIpc) is 3.03. The summed E-state index contributed by atoms with van der Waals surface area (Å²) in [5.41, 5.74) is 4.39. The second-order valence-corrected chi connectivity index (χ2v) is 7.53. The zero-order valence-corrected chi connectivity index (χ0v) is 18.1. The van der Waals surface area contributed by atoms with Crippen LogP contribution in [0.2, 0.25) is 0 Å². The predicted molar refractivity (Wildman–Crippen MR) is 119 cm³/mol. The van der Waals surface area contributed by atoms with Crippen LogP contribution in [0, 0.1) is 13.8 Å². The lowest BCUT2D eigenvalue weighted by atomic mass is 10.1. The number of esters is 1. The number of aryl methyl sites for hydroxylation is 1. The summed E-state index contributed by atoms with van der Waals surface area (Å²) < 4.78 is 7.46. The molecule has 1 heterocycles. The van der Waals surface area contributed by atoms with Gasteiger partial charge in [0.1, 0.15) is 0 Å². The van der Waals surface area contributed by atoms with Crippen molar-refractivity contribution >= 4 is 23.3 Å². The van der Waals surface area contributed by atoms with Crippen molar-refractivity contribution in [2.45, 2.75) is 40.3 Å². The van der Waals surface area contributed by atoms with Gasteiger partial charge in [-0.3, -0.25) is 9.59 Å². The highest BCUT2D eigenvalue weighted by Crippen LogP contribution is 2.19. The summed E-state index contributed by atoms with van der Waals surface area (Å²) >= 11 is 0. The molecule has 6 heteroatoms. The smallest absolute Gasteiger partial charge is 0.340 e. The molecule has 160 valence electrons. The van der Waals surface area contributed by atoms with Gasteiger partial charge in [0.15, 0.2) is 11.9 Å². The van der Waals surface area contributed by atoms with Crippen LogP contribution in [0.5, 0.6) is 0 Å². The first-order valence-corrected chi connectivity index (χ1v) is 10.1. The van der Waals surface area contributed by atoms with E-state index in [4.69, 9.17) is 4.74 Å². The minimum absolute atomic E-state index is 0.0509. The van der Waals surface area contributed by atoms with Crippen LogP contribution in [0.25, 0.3) is 0 Å². The van der Waals surface area contributed by atoms with Gasteiger partial charge >= 0.3 is 5.97 Å². The molecule has 1 amide bonds. The van der Waals surface area contributed by atoms with Gasteiger partial charge in [0, 0.05) is 29.2 Å². The SMILES string of the molecule is CC(=O)c1ccc(NC(=O)[C@H](C)OC(=O)c2cc(C)n(Cc3ccccc3)c2C)cc1. The van der Waals surface area contributed by atoms with E-state index in [2.05, 4.69) is 5.32 Å². The van der Waals surface area contributed by atoms with Gasteiger partial charge < -0.3 is 14.6 Å². The minimum atomic E-state index is -0.975. The molecular formula is C25H26N2O4. The van der Waals surface area contributed by atoms with E-state index in [-0.39, 0.29) is 5.78 Å². The van der Waals surface area contributed by atoms with Crippen molar-refractivity contribution in [3.8, 4) is 0 Å². The van der Waals surface area contributed by atoms with Crippen molar-refractivity contribution in [1.82, 2.24) is 4.57 Å². The van der Waals surface area contributed by atoms with Crippen LogP contribution < -0.4 is 5.32 Å². The molecule has 3 aromatic rings. The lowest BCUT2D eigenvalue weighted by molar-refractivity contribution is -0.123. The number of hydrogen-bond donors (Lipinski definition) is 1. The summed E-state index contributed by atoms with van der Waals surface area (Å²) in [6.07, 6.45) is -0.975. The van der Waals surface area contributed by atoms with Crippen LogP contribution in [-0.4, -0.2) is 28.3 Å². The fourth-order valence-corrected chi connectivity index (χ4v) is 3.33. The number of hydrogen-bond acceptors (Lipinski definition) is 4. The third-order valence-corrected chi connectivity index (χ3v) is 5.19. The maximum absolute atomic E-state index is 12.7. The Morgan fingerprint density at radius 2 is 1.65 bits per heavy atom. The zero-order chi connectivity index (χ0) is 22.5. The molecule has 2 aromatic carbocycles. The second-order valence-electron chi connectivity index (χ2n) is 7.53. The summed E-state index contributed by atoms with van der Waals surface area (Å²) in [5, 5.41) is 2.70. The van der Waals surface area contributed by atoms with E-state index < -0.39 is 18.0 Å². The van der Waals surface area contributed by atoms with E-state index in [0.717, 1.165) is 17.0 Å². The van der Waals surface area contributed by atoms with Crippen molar-refractivity contribution in [1.29, 1.82) is 0 Å². The summed E-state index contributed by atoms with van der Waals surface area (Å²) in [4.78, 5) is 36.5. The number of Topliss-reactive ketones (excluding diaryl/α,β-unsaturated/α-hetero) is 1. The van der Waals surface area contributed by atoms with Crippen LogP contribution in [0.4, 0.5) is 5.69 Å². The molecule has 0 unspecified atom stereocenters. The molecule has 6 nitrogen and oxygen atoms in total. The van der Waals surface area contributed by atoms with Crippen LogP contribution in [-0.2, 0) is 16.1 Å². The third kappa shape index (κ3) is 5.28. The number of nitrogens with one attached hydrogen (secondary N) is 1. The lowest BCUT2D eigenvalue weighted by Crippen LogP contribution is -2.30. The fraction of sp³-hybridized carbons (Fsp3) is 0.240. The number of benzene rings is 2. The Morgan fingerprint density at radius 1 is 1.00 bits per heavy atom. The van der Waals surface area contributed by atoms with Gasteiger partial charge in [-0.1, -0.05) is 30.3 Å². The second kappa shape index (κ2) is 9.43. The molecule has 0 radical (unpaired) electrons. The summed E-state index contributed by atoms with van der Waals surface area (Å²) in [5.74, 6) is -1.03. The molecule has 0 spiro atoms. The highest BCUT2D eigenvalue weighted by molar-refractivity contribution is 5.98. The first-order chi connectivity index (χ1) is 14.8. The van der Waals surface area contributed by atoms with Gasteiger partial charge in [0.2, 0.25) is 0 Å².